The predicted molar refractivity (Wildman–Crippen MR) is 57.9 cm³/mol. The Kier molecular flexibility index (Phi) is 4.01. The minimum absolute atomic E-state index is 0.134. The fourth-order valence-corrected chi connectivity index (χ4v) is 1.69. The number of hydrogen-bond donors (Lipinski definition) is 0. The summed E-state index contributed by atoms with van der Waals surface area (Å²) >= 11 is 3.15. The molecule has 1 nitrogen and oxygen atoms in total. The Hall–Kier alpha value is -0.960. The van der Waals surface area contributed by atoms with Crippen LogP contribution >= 0.6 is 15.9 Å². The number of carbonyl (C=O) groups excluding carboxylic acids is 1. The normalized spacial score (nSPS) is 9.86. The molecule has 0 aromatic heterocycles. The van der Waals surface area contributed by atoms with Gasteiger partial charge >= 0.3 is 0 Å². The molecule has 0 amide bonds. The van der Waals surface area contributed by atoms with Crippen molar-refractivity contribution in [3.8, 4) is 0 Å². The van der Waals surface area contributed by atoms with E-state index in [9.17, 15) is 9.18 Å². The molecule has 0 saturated carbocycles. The largest absolute Gasteiger partial charge is 0.294 e. The zero-order valence-electron chi connectivity index (χ0n) is 7.59. The lowest BCUT2D eigenvalue weighted by Gasteiger charge is -2.03. The monoisotopic (exact) mass is 256 g/mol. The summed E-state index contributed by atoms with van der Waals surface area (Å²) in [4.78, 5) is 11.5. The van der Waals surface area contributed by atoms with E-state index in [0.29, 0.717) is 17.3 Å². The van der Waals surface area contributed by atoms with Crippen molar-refractivity contribution in [2.45, 2.75) is 12.8 Å². The number of halogens is 2. The molecule has 0 bridgehead atoms. The summed E-state index contributed by atoms with van der Waals surface area (Å²) in [6.07, 6.45) is 2.51. The molecule has 1 aromatic rings. The third-order valence-electron chi connectivity index (χ3n) is 1.82. The van der Waals surface area contributed by atoms with Gasteiger partial charge in [0.2, 0.25) is 0 Å². The fraction of sp³-hybridized carbons (Fsp3) is 0.182. The lowest BCUT2D eigenvalue weighted by atomic mass is 10.1. The Morgan fingerprint density at radius 1 is 1.57 bits per heavy atom. The third-order valence-corrected chi connectivity index (χ3v) is 2.48. The van der Waals surface area contributed by atoms with Gasteiger partial charge in [-0.05, 0) is 34.5 Å². The molecule has 0 saturated heterocycles. The van der Waals surface area contributed by atoms with E-state index in [1.54, 1.807) is 18.2 Å². The SMILES string of the molecule is C=CCCC(=O)c1c(F)cccc1Br. The van der Waals surface area contributed by atoms with Gasteiger partial charge in [-0.25, -0.2) is 4.39 Å². The van der Waals surface area contributed by atoms with Crippen LogP contribution in [0.5, 0.6) is 0 Å². The second-order valence-corrected chi connectivity index (χ2v) is 3.70. The van der Waals surface area contributed by atoms with Crippen molar-refractivity contribution >= 4 is 21.7 Å². The molecule has 0 aliphatic carbocycles. The maximum Gasteiger partial charge on any atom is 0.167 e. The summed E-state index contributed by atoms with van der Waals surface area (Å²) in [6, 6.07) is 4.50. The quantitative estimate of drug-likeness (QED) is 0.593. The first kappa shape index (κ1) is 11.1. The van der Waals surface area contributed by atoms with E-state index in [1.165, 1.54) is 6.07 Å². The van der Waals surface area contributed by atoms with E-state index < -0.39 is 5.82 Å². The Morgan fingerprint density at radius 2 is 2.29 bits per heavy atom. The highest BCUT2D eigenvalue weighted by atomic mass is 79.9. The molecule has 0 aliphatic heterocycles. The molecule has 0 atom stereocenters. The molecule has 1 aromatic carbocycles. The van der Waals surface area contributed by atoms with Gasteiger partial charge < -0.3 is 0 Å². The highest BCUT2D eigenvalue weighted by Crippen LogP contribution is 2.21. The summed E-state index contributed by atoms with van der Waals surface area (Å²) in [5.74, 6) is -0.677. The molecule has 14 heavy (non-hydrogen) atoms. The Bertz CT molecular complexity index is 340. The van der Waals surface area contributed by atoms with E-state index in [2.05, 4.69) is 22.5 Å². The Morgan fingerprint density at radius 3 is 2.86 bits per heavy atom. The van der Waals surface area contributed by atoms with Gasteiger partial charge in [0, 0.05) is 10.9 Å². The maximum absolute atomic E-state index is 13.3. The molecule has 0 radical (unpaired) electrons. The number of benzene rings is 1. The Labute approximate surface area is 90.8 Å². The molecule has 0 N–H and O–H groups in total. The van der Waals surface area contributed by atoms with E-state index in [0.717, 1.165) is 0 Å². The summed E-state index contributed by atoms with van der Waals surface area (Å²) in [7, 11) is 0. The topological polar surface area (TPSA) is 17.1 Å². The van der Waals surface area contributed by atoms with Crippen molar-refractivity contribution in [3.05, 3.63) is 46.7 Å². The number of rotatable bonds is 4. The van der Waals surface area contributed by atoms with Gasteiger partial charge in [-0.15, -0.1) is 6.58 Å². The second-order valence-electron chi connectivity index (χ2n) is 2.85. The number of carbonyl (C=O) groups is 1. The van der Waals surface area contributed by atoms with Gasteiger partial charge in [-0.2, -0.15) is 0 Å². The highest BCUT2D eigenvalue weighted by molar-refractivity contribution is 9.10. The summed E-state index contributed by atoms with van der Waals surface area (Å²) < 4.78 is 13.8. The summed E-state index contributed by atoms with van der Waals surface area (Å²) in [6.45, 7) is 3.51. The van der Waals surface area contributed by atoms with Crippen LogP contribution in [-0.4, -0.2) is 5.78 Å². The average Bonchev–Trinajstić information content (AvgIpc) is 2.14. The minimum atomic E-state index is -0.478. The van der Waals surface area contributed by atoms with Crippen LogP contribution in [0, 0.1) is 5.82 Å². The zero-order chi connectivity index (χ0) is 10.6. The van der Waals surface area contributed by atoms with E-state index in [4.69, 9.17) is 0 Å². The van der Waals surface area contributed by atoms with Crippen molar-refractivity contribution in [1.29, 1.82) is 0 Å². The van der Waals surface area contributed by atoms with Crippen LogP contribution in [0.4, 0.5) is 4.39 Å². The van der Waals surface area contributed by atoms with Crippen LogP contribution in [0.2, 0.25) is 0 Å². The molecule has 0 aliphatic rings. The van der Waals surface area contributed by atoms with Crippen LogP contribution in [0.1, 0.15) is 23.2 Å². The molecule has 74 valence electrons. The van der Waals surface area contributed by atoms with E-state index in [-0.39, 0.29) is 11.3 Å². The van der Waals surface area contributed by atoms with Crippen molar-refractivity contribution in [1.82, 2.24) is 0 Å². The van der Waals surface area contributed by atoms with Crippen molar-refractivity contribution in [2.24, 2.45) is 0 Å². The molecule has 0 heterocycles. The van der Waals surface area contributed by atoms with Gasteiger partial charge in [0.05, 0.1) is 5.56 Å². The lowest BCUT2D eigenvalue weighted by Crippen LogP contribution is -2.02. The van der Waals surface area contributed by atoms with Gasteiger partial charge in [-0.3, -0.25) is 4.79 Å². The molecular weight excluding hydrogens is 247 g/mol. The third kappa shape index (κ3) is 2.51. The smallest absolute Gasteiger partial charge is 0.167 e. The van der Waals surface area contributed by atoms with Gasteiger partial charge in [0.1, 0.15) is 5.82 Å². The van der Waals surface area contributed by atoms with Gasteiger partial charge in [0.25, 0.3) is 0 Å². The van der Waals surface area contributed by atoms with Crippen LogP contribution in [0.3, 0.4) is 0 Å². The van der Waals surface area contributed by atoms with Crippen molar-refractivity contribution in [3.63, 3.8) is 0 Å². The molecule has 1 rings (SSSR count). The van der Waals surface area contributed by atoms with E-state index in [1.807, 2.05) is 0 Å². The van der Waals surface area contributed by atoms with E-state index >= 15 is 0 Å². The fourth-order valence-electron chi connectivity index (χ4n) is 1.12. The number of Topliss-reactive ketones (excluding diaryl/α,β-unsaturated/α-hetero) is 1. The molecule has 0 fully saturated rings. The first-order valence-electron chi connectivity index (χ1n) is 4.25. The first-order valence-corrected chi connectivity index (χ1v) is 5.04. The predicted octanol–water partition coefficient (Wildman–Crippen LogP) is 3.74. The first-order chi connectivity index (χ1) is 6.66. The van der Waals surface area contributed by atoms with Gasteiger partial charge in [0.15, 0.2) is 5.78 Å². The van der Waals surface area contributed by atoms with Crippen molar-refractivity contribution < 1.29 is 9.18 Å². The Balaban J connectivity index is 2.94. The van der Waals surface area contributed by atoms with Crippen molar-refractivity contribution in [2.75, 3.05) is 0 Å². The second kappa shape index (κ2) is 5.05. The van der Waals surface area contributed by atoms with Crippen LogP contribution in [-0.2, 0) is 0 Å². The zero-order valence-corrected chi connectivity index (χ0v) is 9.18. The summed E-state index contributed by atoms with van der Waals surface area (Å²) in [5.41, 5.74) is 0.134. The standard InChI is InChI=1S/C11H10BrFO/c1-2-3-7-10(14)11-8(12)5-4-6-9(11)13/h2,4-6H,1,3,7H2. The lowest BCUT2D eigenvalue weighted by molar-refractivity contribution is 0.0979. The average molecular weight is 257 g/mol. The highest BCUT2D eigenvalue weighted by Gasteiger charge is 2.13. The molecule has 0 unspecified atom stereocenters. The molecule has 0 spiro atoms. The number of hydrogen-bond acceptors (Lipinski definition) is 1. The minimum Gasteiger partial charge on any atom is -0.294 e. The van der Waals surface area contributed by atoms with Crippen LogP contribution in [0.15, 0.2) is 35.3 Å². The number of ketones is 1. The van der Waals surface area contributed by atoms with Gasteiger partial charge in [-0.1, -0.05) is 12.1 Å². The summed E-state index contributed by atoms with van der Waals surface area (Å²) in [5, 5.41) is 0. The molecular formula is C11H10BrFO. The van der Waals surface area contributed by atoms with Crippen LogP contribution < -0.4 is 0 Å². The number of allylic oxidation sites excluding steroid dienone is 1. The van der Waals surface area contributed by atoms with Crippen LogP contribution in [0.25, 0.3) is 0 Å². The maximum atomic E-state index is 13.3. The molecule has 3 heteroatoms.